The van der Waals surface area contributed by atoms with Crippen molar-refractivity contribution in [2.24, 2.45) is 11.8 Å². The number of hydrazine groups is 1. The van der Waals surface area contributed by atoms with Crippen LogP contribution in [0.25, 0.3) is 10.8 Å². The van der Waals surface area contributed by atoms with Crippen molar-refractivity contribution in [2.45, 2.75) is 26.3 Å². The second kappa shape index (κ2) is 5.25. The molecule has 0 radical (unpaired) electrons. The Morgan fingerprint density at radius 1 is 1.29 bits per heavy atom. The summed E-state index contributed by atoms with van der Waals surface area (Å²) < 4.78 is 0. The maximum absolute atomic E-state index is 5.68. The van der Waals surface area contributed by atoms with Crippen LogP contribution in [0.1, 0.15) is 31.9 Å². The summed E-state index contributed by atoms with van der Waals surface area (Å²) in [6, 6.07) is 8.52. The van der Waals surface area contributed by atoms with Gasteiger partial charge in [0.15, 0.2) is 0 Å². The van der Waals surface area contributed by atoms with Gasteiger partial charge >= 0.3 is 0 Å². The van der Waals surface area contributed by atoms with Crippen LogP contribution in [0.5, 0.6) is 0 Å². The number of nitrogens with two attached hydrogens (primary N) is 1. The first-order valence-corrected chi connectivity index (χ1v) is 6.01. The normalized spacial score (nSPS) is 13.2. The van der Waals surface area contributed by atoms with Gasteiger partial charge in [-0.1, -0.05) is 32.0 Å². The Morgan fingerprint density at radius 2 is 2.12 bits per heavy atom. The van der Waals surface area contributed by atoms with Gasteiger partial charge in [0, 0.05) is 23.8 Å². The molecule has 2 rings (SSSR count). The molecule has 2 aromatic rings. The molecule has 3 heteroatoms. The highest BCUT2D eigenvalue weighted by atomic mass is 15.2. The molecule has 0 spiro atoms. The summed E-state index contributed by atoms with van der Waals surface area (Å²) in [5, 5.41) is 2.39. The first-order valence-electron chi connectivity index (χ1n) is 6.01. The van der Waals surface area contributed by atoms with Gasteiger partial charge in [0.05, 0.1) is 0 Å². The summed E-state index contributed by atoms with van der Waals surface area (Å²) in [6.07, 6.45) is 4.74. The van der Waals surface area contributed by atoms with Gasteiger partial charge in [-0.3, -0.25) is 16.3 Å². The highest BCUT2D eigenvalue weighted by Gasteiger charge is 2.14. The van der Waals surface area contributed by atoms with Crippen LogP contribution in [-0.2, 0) is 0 Å². The molecule has 0 amide bonds. The zero-order valence-electron chi connectivity index (χ0n) is 10.4. The van der Waals surface area contributed by atoms with E-state index >= 15 is 0 Å². The smallest absolute Gasteiger partial charge is 0.0468 e. The number of hydrogen-bond acceptors (Lipinski definition) is 3. The Bertz CT molecular complexity index is 488. The second-order valence-corrected chi connectivity index (χ2v) is 4.79. The molecule has 1 aromatic carbocycles. The Balaban J connectivity index is 2.46. The summed E-state index contributed by atoms with van der Waals surface area (Å²) in [5.41, 5.74) is 4.17. The zero-order valence-corrected chi connectivity index (χ0v) is 10.4. The van der Waals surface area contributed by atoms with E-state index in [2.05, 4.69) is 48.5 Å². The first kappa shape index (κ1) is 12.0. The van der Waals surface area contributed by atoms with Gasteiger partial charge in [0.25, 0.3) is 0 Å². The fourth-order valence-corrected chi connectivity index (χ4v) is 2.21. The molecule has 0 bridgehead atoms. The Morgan fingerprint density at radius 3 is 2.82 bits per heavy atom. The van der Waals surface area contributed by atoms with Gasteiger partial charge in [-0.05, 0) is 29.4 Å². The number of fused-ring (bicyclic) bond motifs is 1. The predicted molar refractivity (Wildman–Crippen MR) is 71.3 cm³/mol. The Hall–Kier alpha value is -1.45. The van der Waals surface area contributed by atoms with Gasteiger partial charge in [-0.2, -0.15) is 0 Å². The number of aromatic nitrogens is 1. The van der Waals surface area contributed by atoms with Crippen molar-refractivity contribution < 1.29 is 0 Å². The van der Waals surface area contributed by atoms with Crippen LogP contribution in [0, 0.1) is 5.92 Å². The van der Waals surface area contributed by atoms with E-state index in [0.29, 0.717) is 5.92 Å². The maximum Gasteiger partial charge on any atom is 0.0468 e. The van der Waals surface area contributed by atoms with Gasteiger partial charge in [0.1, 0.15) is 0 Å². The van der Waals surface area contributed by atoms with Crippen molar-refractivity contribution in [3.05, 3.63) is 42.2 Å². The average Bonchev–Trinajstić information content (AvgIpc) is 2.35. The van der Waals surface area contributed by atoms with Crippen molar-refractivity contribution in [3.63, 3.8) is 0 Å². The lowest BCUT2D eigenvalue weighted by molar-refractivity contribution is 0.440. The molecule has 1 unspecified atom stereocenters. The quantitative estimate of drug-likeness (QED) is 0.626. The van der Waals surface area contributed by atoms with Crippen LogP contribution in [0.15, 0.2) is 36.7 Å². The number of nitrogens with zero attached hydrogens (tertiary/aromatic N) is 1. The van der Waals surface area contributed by atoms with Crippen molar-refractivity contribution >= 4 is 10.8 Å². The third-order valence-electron chi connectivity index (χ3n) is 3.00. The largest absolute Gasteiger partial charge is 0.271 e. The minimum absolute atomic E-state index is 0.195. The van der Waals surface area contributed by atoms with Crippen LogP contribution in [0.2, 0.25) is 0 Å². The molecular weight excluding hydrogens is 210 g/mol. The third kappa shape index (κ3) is 2.62. The van der Waals surface area contributed by atoms with E-state index in [-0.39, 0.29) is 6.04 Å². The van der Waals surface area contributed by atoms with Crippen LogP contribution >= 0.6 is 0 Å². The highest BCUT2D eigenvalue weighted by Crippen LogP contribution is 2.27. The molecule has 1 heterocycles. The average molecular weight is 229 g/mol. The van der Waals surface area contributed by atoms with E-state index in [0.717, 1.165) is 11.8 Å². The minimum Gasteiger partial charge on any atom is -0.271 e. The van der Waals surface area contributed by atoms with E-state index in [9.17, 15) is 0 Å². The number of benzene rings is 1. The molecule has 0 saturated carbocycles. The summed E-state index contributed by atoms with van der Waals surface area (Å²) in [5.74, 6) is 6.28. The SMILES string of the molecule is CC(C)CC(NN)c1cccc2cnccc12. The molecule has 3 N–H and O–H groups in total. The van der Waals surface area contributed by atoms with Crippen LogP contribution in [0.4, 0.5) is 0 Å². The van der Waals surface area contributed by atoms with Crippen molar-refractivity contribution in [2.75, 3.05) is 0 Å². The fourth-order valence-electron chi connectivity index (χ4n) is 2.21. The Kier molecular flexibility index (Phi) is 3.71. The zero-order chi connectivity index (χ0) is 12.3. The molecule has 1 atom stereocenters. The summed E-state index contributed by atoms with van der Waals surface area (Å²) in [7, 11) is 0. The van der Waals surface area contributed by atoms with E-state index in [1.54, 1.807) is 0 Å². The fraction of sp³-hybridized carbons (Fsp3) is 0.357. The molecule has 0 fully saturated rings. The molecule has 0 aliphatic heterocycles. The van der Waals surface area contributed by atoms with E-state index < -0.39 is 0 Å². The van der Waals surface area contributed by atoms with Gasteiger partial charge in [-0.15, -0.1) is 0 Å². The summed E-state index contributed by atoms with van der Waals surface area (Å²) in [6.45, 7) is 4.41. The third-order valence-corrected chi connectivity index (χ3v) is 3.00. The summed E-state index contributed by atoms with van der Waals surface area (Å²) >= 11 is 0. The lowest BCUT2D eigenvalue weighted by atomic mass is 9.94. The molecule has 17 heavy (non-hydrogen) atoms. The van der Waals surface area contributed by atoms with E-state index in [1.807, 2.05) is 12.4 Å². The van der Waals surface area contributed by atoms with Crippen LogP contribution < -0.4 is 11.3 Å². The van der Waals surface area contributed by atoms with E-state index in [1.165, 1.54) is 10.9 Å². The molecule has 0 aliphatic carbocycles. The van der Waals surface area contributed by atoms with Gasteiger partial charge in [-0.25, -0.2) is 0 Å². The van der Waals surface area contributed by atoms with Crippen molar-refractivity contribution in [1.29, 1.82) is 0 Å². The Labute approximate surface area is 102 Å². The molecule has 0 aliphatic rings. The topological polar surface area (TPSA) is 50.9 Å². The lowest BCUT2D eigenvalue weighted by Gasteiger charge is -2.20. The van der Waals surface area contributed by atoms with Gasteiger partial charge < -0.3 is 0 Å². The van der Waals surface area contributed by atoms with Crippen molar-refractivity contribution in [3.8, 4) is 0 Å². The number of rotatable bonds is 4. The second-order valence-electron chi connectivity index (χ2n) is 4.79. The first-order chi connectivity index (χ1) is 8.22. The molecule has 0 saturated heterocycles. The molecule has 1 aromatic heterocycles. The molecule has 90 valence electrons. The number of pyridine rings is 1. The lowest BCUT2D eigenvalue weighted by Crippen LogP contribution is -2.29. The number of nitrogens with one attached hydrogen (secondary N) is 1. The van der Waals surface area contributed by atoms with Crippen LogP contribution in [-0.4, -0.2) is 4.98 Å². The monoisotopic (exact) mass is 229 g/mol. The minimum atomic E-state index is 0.195. The molecule has 3 nitrogen and oxygen atoms in total. The molecular formula is C14H19N3. The van der Waals surface area contributed by atoms with Crippen molar-refractivity contribution in [1.82, 2.24) is 10.4 Å². The standard InChI is InChI=1S/C14H19N3/c1-10(2)8-14(17-15)13-5-3-4-11-9-16-7-6-12(11)13/h3-7,9-10,14,17H,8,15H2,1-2H3. The van der Waals surface area contributed by atoms with Crippen LogP contribution in [0.3, 0.4) is 0 Å². The summed E-state index contributed by atoms with van der Waals surface area (Å²) in [4.78, 5) is 4.15. The highest BCUT2D eigenvalue weighted by molar-refractivity contribution is 5.85. The van der Waals surface area contributed by atoms with E-state index in [4.69, 9.17) is 5.84 Å². The maximum atomic E-state index is 5.68. The van der Waals surface area contributed by atoms with Gasteiger partial charge in [0.2, 0.25) is 0 Å². The predicted octanol–water partition coefficient (Wildman–Crippen LogP) is 2.79. The number of hydrogen-bond donors (Lipinski definition) is 2.